The number of aryl methyl sites for hydroxylation is 1. The van der Waals surface area contributed by atoms with Crippen molar-refractivity contribution in [3.05, 3.63) is 29.3 Å². The fourth-order valence-corrected chi connectivity index (χ4v) is 4.40. The van der Waals surface area contributed by atoms with Crippen LogP contribution in [0.25, 0.3) is 0 Å². The molecule has 0 heterocycles. The van der Waals surface area contributed by atoms with Crippen LogP contribution in [0, 0.1) is 6.92 Å². The zero-order valence-electron chi connectivity index (χ0n) is 12.3. The van der Waals surface area contributed by atoms with Gasteiger partial charge in [0.15, 0.2) is 9.84 Å². The molecule has 1 amide bonds. The average Bonchev–Trinajstić information content (AvgIpc) is 2.94. The Morgan fingerprint density at radius 1 is 1.27 bits per heavy atom. The maximum Gasteiger partial charge on any atom is 0.336 e. The molecule has 0 spiro atoms. The van der Waals surface area contributed by atoms with Crippen molar-refractivity contribution >= 4 is 27.4 Å². The van der Waals surface area contributed by atoms with Gasteiger partial charge in [-0.15, -0.1) is 0 Å². The number of anilines is 1. The Kier molecular flexibility index (Phi) is 4.85. The van der Waals surface area contributed by atoms with Crippen molar-refractivity contribution < 1.29 is 23.1 Å². The van der Waals surface area contributed by atoms with E-state index in [4.69, 9.17) is 5.11 Å². The lowest BCUT2D eigenvalue weighted by Crippen LogP contribution is -2.29. The Labute approximate surface area is 129 Å². The highest BCUT2D eigenvalue weighted by atomic mass is 32.2. The largest absolute Gasteiger partial charge is 0.478 e. The fraction of sp³-hybridized carbons (Fsp3) is 0.467. The lowest BCUT2D eigenvalue weighted by Gasteiger charge is -2.12. The quantitative estimate of drug-likeness (QED) is 0.862. The molecule has 0 saturated heterocycles. The molecule has 0 aliphatic heterocycles. The van der Waals surface area contributed by atoms with E-state index in [-0.39, 0.29) is 11.3 Å². The normalized spacial score (nSPS) is 15.7. The lowest BCUT2D eigenvalue weighted by atomic mass is 10.1. The third-order valence-electron chi connectivity index (χ3n) is 3.89. The molecule has 0 atom stereocenters. The van der Waals surface area contributed by atoms with E-state index < -0.39 is 32.7 Å². The van der Waals surface area contributed by atoms with E-state index in [1.807, 2.05) is 0 Å². The minimum atomic E-state index is -3.44. The number of carbonyl (C=O) groups is 2. The molecule has 1 fully saturated rings. The molecule has 0 aromatic heterocycles. The molecule has 120 valence electrons. The van der Waals surface area contributed by atoms with E-state index >= 15 is 0 Å². The summed E-state index contributed by atoms with van der Waals surface area (Å²) in [6.07, 6.45) is 2.99. The summed E-state index contributed by atoms with van der Waals surface area (Å²) in [5, 5.41) is 11.1. The van der Waals surface area contributed by atoms with Crippen molar-refractivity contribution in [2.24, 2.45) is 0 Å². The maximum atomic E-state index is 12.1. The summed E-state index contributed by atoms with van der Waals surface area (Å²) in [7, 11) is -3.44. The number of sulfone groups is 1. The number of aromatic carboxylic acids is 1. The van der Waals surface area contributed by atoms with Gasteiger partial charge < -0.3 is 10.4 Å². The minimum absolute atomic E-state index is 0.0800. The van der Waals surface area contributed by atoms with E-state index in [0.717, 1.165) is 12.8 Å². The van der Waals surface area contributed by atoms with Gasteiger partial charge in [-0.1, -0.05) is 18.9 Å². The third kappa shape index (κ3) is 3.85. The average molecular weight is 325 g/mol. The minimum Gasteiger partial charge on any atom is -0.478 e. The first-order valence-electron chi connectivity index (χ1n) is 7.15. The molecule has 2 N–H and O–H groups in total. The van der Waals surface area contributed by atoms with E-state index in [9.17, 15) is 18.0 Å². The zero-order chi connectivity index (χ0) is 16.3. The van der Waals surface area contributed by atoms with Crippen LogP contribution in [0.1, 0.15) is 41.6 Å². The zero-order valence-corrected chi connectivity index (χ0v) is 13.1. The molecule has 1 aromatic carbocycles. The molecule has 1 aliphatic rings. The Morgan fingerprint density at radius 2 is 1.91 bits per heavy atom. The second-order valence-corrected chi connectivity index (χ2v) is 7.88. The number of hydrogen-bond acceptors (Lipinski definition) is 4. The van der Waals surface area contributed by atoms with Gasteiger partial charge in [-0.25, -0.2) is 13.2 Å². The molecular formula is C15H19NO5S. The molecule has 1 saturated carbocycles. The molecule has 0 bridgehead atoms. The standard InChI is InChI=1S/C15H19NO5S/c1-10-6-7-11(8-13(10)15(18)19)16-14(17)9-22(20,21)12-4-2-3-5-12/h6-8,12H,2-5,9H2,1H3,(H,16,17)(H,18,19). The monoisotopic (exact) mass is 325 g/mol. The smallest absolute Gasteiger partial charge is 0.336 e. The van der Waals surface area contributed by atoms with Crippen LogP contribution in [0.15, 0.2) is 18.2 Å². The first-order chi connectivity index (χ1) is 10.3. The molecule has 1 aromatic rings. The van der Waals surface area contributed by atoms with Crippen LogP contribution in [0.4, 0.5) is 5.69 Å². The van der Waals surface area contributed by atoms with Crippen molar-refractivity contribution in [2.75, 3.05) is 11.1 Å². The summed E-state index contributed by atoms with van der Waals surface area (Å²) in [4.78, 5) is 23.0. The van der Waals surface area contributed by atoms with Gasteiger partial charge >= 0.3 is 5.97 Å². The van der Waals surface area contributed by atoms with E-state index in [1.54, 1.807) is 19.1 Å². The highest BCUT2D eigenvalue weighted by Crippen LogP contribution is 2.25. The number of carboxylic acid groups (broad SMARTS) is 1. The Hall–Kier alpha value is -1.89. The molecule has 1 aliphatic carbocycles. The number of carbonyl (C=O) groups excluding carboxylic acids is 1. The predicted octanol–water partition coefficient (Wildman–Crippen LogP) is 1.99. The van der Waals surface area contributed by atoms with Gasteiger partial charge in [0.1, 0.15) is 5.75 Å². The summed E-state index contributed by atoms with van der Waals surface area (Å²) in [5.41, 5.74) is 0.940. The van der Waals surface area contributed by atoms with Gasteiger partial charge in [0, 0.05) is 5.69 Å². The number of rotatable bonds is 5. The van der Waals surface area contributed by atoms with Crippen LogP contribution in [0.2, 0.25) is 0 Å². The topological polar surface area (TPSA) is 101 Å². The van der Waals surface area contributed by atoms with Crippen LogP contribution >= 0.6 is 0 Å². The number of nitrogens with one attached hydrogen (secondary N) is 1. The Bertz CT molecular complexity index is 690. The molecule has 6 nitrogen and oxygen atoms in total. The molecule has 0 unspecified atom stereocenters. The van der Waals surface area contributed by atoms with Crippen LogP contribution in [0.5, 0.6) is 0 Å². The van der Waals surface area contributed by atoms with Gasteiger partial charge in [0.25, 0.3) is 0 Å². The van der Waals surface area contributed by atoms with Crippen molar-refractivity contribution in [1.29, 1.82) is 0 Å². The van der Waals surface area contributed by atoms with Gasteiger partial charge in [-0.2, -0.15) is 0 Å². The highest BCUT2D eigenvalue weighted by Gasteiger charge is 2.30. The van der Waals surface area contributed by atoms with Crippen LogP contribution in [-0.2, 0) is 14.6 Å². The van der Waals surface area contributed by atoms with Gasteiger partial charge in [-0.05, 0) is 37.5 Å². The van der Waals surface area contributed by atoms with Crippen molar-refractivity contribution in [2.45, 2.75) is 37.9 Å². The first-order valence-corrected chi connectivity index (χ1v) is 8.86. The molecule has 2 rings (SSSR count). The molecule has 0 radical (unpaired) electrons. The summed E-state index contributed by atoms with van der Waals surface area (Å²) in [6, 6.07) is 4.46. The van der Waals surface area contributed by atoms with Gasteiger partial charge in [0.05, 0.1) is 10.8 Å². The van der Waals surface area contributed by atoms with E-state index in [0.29, 0.717) is 18.4 Å². The summed E-state index contributed by atoms with van der Waals surface area (Å²) in [5.74, 6) is -2.28. The first kappa shape index (κ1) is 16.5. The van der Waals surface area contributed by atoms with Crippen LogP contribution in [0.3, 0.4) is 0 Å². The SMILES string of the molecule is Cc1ccc(NC(=O)CS(=O)(=O)C2CCCC2)cc1C(=O)O. The second-order valence-electron chi connectivity index (χ2n) is 5.60. The van der Waals surface area contributed by atoms with Gasteiger partial charge in [-0.3, -0.25) is 4.79 Å². The lowest BCUT2D eigenvalue weighted by molar-refractivity contribution is -0.113. The van der Waals surface area contributed by atoms with Crippen LogP contribution in [-0.4, -0.2) is 36.4 Å². The van der Waals surface area contributed by atoms with E-state index in [1.165, 1.54) is 6.07 Å². The third-order valence-corrected chi connectivity index (χ3v) is 6.05. The van der Waals surface area contributed by atoms with Crippen LogP contribution < -0.4 is 5.32 Å². The second kappa shape index (κ2) is 6.48. The number of hydrogen-bond donors (Lipinski definition) is 2. The predicted molar refractivity (Wildman–Crippen MR) is 82.8 cm³/mol. The Balaban J connectivity index is 2.06. The number of amides is 1. The molecular weight excluding hydrogens is 306 g/mol. The Morgan fingerprint density at radius 3 is 2.50 bits per heavy atom. The van der Waals surface area contributed by atoms with Crippen molar-refractivity contribution in [3.63, 3.8) is 0 Å². The molecule has 22 heavy (non-hydrogen) atoms. The van der Waals surface area contributed by atoms with E-state index in [2.05, 4.69) is 5.32 Å². The number of carboxylic acids is 1. The molecule has 7 heteroatoms. The number of benzene rings is 1. The summed E-state index contributed by atoms with van der Waals surface area (Å²) >= 11 is 0. The van der Waals surface area contributed by atoms with Crippen molar-refractivity contribution in [3.8, 4) is 0 Å². The summed E-state index contributed by atoms with van der Waals surface area (Å²) < 4.78 is 24.2. The summed E-state index contributed by atoms with van der Waals surface area (Å²) in [6.45, 7) is 1.65. The highest BCUT2D eigenvalue weighted by molar-refractivity contribution is 7.92. The van der Waals surface area contributed by atoms with Crippen molar-refractivity contribution in [1.82, 2.24) is 0 Å². The van der Waals surface area contributed by atoms with Gasteiger partial charge in [0.2, 0.25) is 5.91 Å². The maximum absolute atomic E-state index is 12.1. The fourth-order valence-electron chi connectivity index (χ4n) is 2.68.